The van der Waals surface area contributed by atoms with Gasteiger partial charge in [-0.05, 0) is 29.1 Å². The lowest BCUT2D eigenvalue weighted by atomic mass is 10.2. The van der Waals surface area contributed by atoms with Gasteiger partial charge in [0.1, 0.15) is 12.1 Å². The van der Waals surface area contributed by atoms with E-state index < -0.39 is 7.60 Å². The molecule has 8 heteroatoms. The van der Waals surface area contributed by atoms with Crippen molar-refractivity contribution >= 4 is 40.3 Å². The first-order valence-corrected chi connectivity index (χ1v) is 8.60. The maximum absolute atomic E-state index is 11.1. The monoisotopic (exact) mass is 321 g/mol. The Bertz CT molecular complexity index is 813. The first-order chi connectivity index (χ1) is 10.0. The second-order valence-electron chi connectivity index (χ2n) is 4.42. The third-order valence-corrected chi connectivity index (χ3v) is 4.86. The fraction of sp³-hybridized carbons (Fsp3) is 0.0769. The van der Waals surface area contributed by atoms with Crippen molar-refractivity contribution in [1.82, 2.24) is 9.97 Å². The molecule has 3 rings (SSSR count). The highest BCUT2D eigenvalue weighted by atomic mass is 32.1. The smallest absolute Gasteiger partial charge is 0.356 e. The number of rotatable bonds is 4. The molecule has 2 heterocycles. The molecule has 0 spiro atoms. The predicted molar refractivity (Wildman–Crippen MR) is 82.9 cm³/mol. The van der Waals surface area contributed by atoms with Crippen LogP contribution >= 0.6 is 18.9 Å². The molecule has 0 fully saturated rings. The number of thiophene rings is 1. The average molecular weight is 321 g/mol. The van der Waals surface area contributed by atoms with Gasteiger partial charge in [-0.25, -0.2) is 9.97 Å². The van der Waals surface area contributed by atoms with Crippen molar-refractivity contribution in [2.24, 2.45) is 0 Å². The minimum absolute atomic E-state index is 0.0222. The highest BCUT2D eigenvalue weighted by Crippen LogP contribution is 2.32. The Hall–Kier alpha value is -1.79. The molecule has 21 heavy (non-hydrogen) atoms. The second kappa shape index (κ2) is 5.54. The molecule has 0 aliphatic rings. The van der Waals surface area contributed by atoms with Gasteiger partial charge in [0.05, 0.1) is 15.5 Å². The van der Waals surface area contributed by atoms with Crippen LogP contribution in [0.25, 0.3) is 10.2 Å². The lowest BCUT2D eigenvalue weighted by Gasteiger charge is -2.08. The molecule has 0 unspecified atom stereocenters. The van der Waals surface area contributed by atoms with E-state index in [0.717, 1.165) is 21.6 Å². The van der Waals surface area contributed by atoms with Crippen LogP contribution in [-0.4, -0.2) is 19.8 Å². The topological polar surface area (TPSA) is 95.3 Å². The summed E-state index contributed by atoms with van der Waals surface area (Å²) in [7, 11) is -4.18. The minimum Gasteiger partial charge on any atom is -0.365 e. The highest BCUT2D eigenvalue weighted by Gasteiger charge is 2.16. The molecule has 1 aromatic carbocycles. The van der Waals surface area contributed by atoms with Crippen molar-refractivity contribution in [2.45, 2.75) is 6.54 Å². The maximum atomic E-state index is 11.1. The Balaban J connectivity index is 1.76. The molecular weight excluding hydrogens is 309 g/mol. The van der Waals surface area contributed by atoms with E-state index in [1.165, 1.54) is 18.5 Å². The summed E-state index contributed by atoms with van der Waals surface area (Å²) >= 11 is 1.56. The van der Waals surface area contributed by atoms with Gasteiger partial charge < -0.3 is 15.1 Å². The zero-order valence-corrected chi connectivity index (χ0v) is 12.5. The van der Waals surface area contributed by atoms with E-state index in [1.807, 2.05) is 11.4 Å². The van der Waals surface area contributed by atoms with Crippen molar-refractivity contribution in [3.63, 3.8) is 0 Å². The third kappa shape index (κ3) is 3.11. The van der Waals surface area contributed by atoms with Gasteiger partial charge >= 0.3 is 7.60 Å². The number of benzene rings is 1. The summed E-state index contributed by atoms with van der Waals surface area (Å²) < 4.78 is 12.1. The molecule has 0 saturated heterocycles. The van der Waals surface area contributed by atoms with Gasteiger partial charge in [0, 0.05) is 6.54 Å². The second-order valence-corrected chi connectivity index (χ2v) is 6.94. The molecular formula is C13H12N3O3PS. The third-order valence-electron chi connectivity index (χ3n) is 2.98. The highest BCUT2D eigenvalue weighted by molar-refractivity contribution is 7.60. The van der Waals surface area contributed by atoms with E-state index in [2.05, 4.69) is 15.3 Å². The lowest BCUT2D eigenvalue weighted by Crippen LogP contribution is -2.06. The van der Waals surface area contributed by atoms with Gasteiger partial charge in [-0.2, -0.15) is 0 Å². The van der Waals surface area contributed by atoms with Crippen LogP contribution in [0.1, 0.15) is 5.56 Å². The van der Waals surface area contributed by atoms with E-state index in [-0.39, 0.29) is 5.30 Å². The minimum atomic E-state index is -4.18. The average Bonchev–Trinajstić information content (AvgIpc) is 2.93. The molecule has 0 aliphatic heterocycles. The number of nitrogens with zero attached hydrogens (tertiary/aromatic N) is 2. The lowest BCUT2D eigenvalue weighted by molar-refractivity contribution is 0.387. The van der Waals surface area contributed by atoms with Crippen molar-refractivity contribution in [3.05, 3.63) is 47.6 Å². The van der Waals surface area contributed by atoms with Crippen LogP contribution < -0.4 is 10.6 Å². The van der Waals surface area contributed by atoms with Crippen LogP contribution in [0.5, 0.6) is 0 Å². The molecule has 0 aliphatic carbocycles. The molecule has 3 N–H and O–H groups in total. The van der Waals surface area contributed by atoms with E-state index in [4.69, 9.17) is 9.79 Å². The van der Waals surface area contributed by atoms with Gasteiger partial charge in [-0.1, -0.05) is 12.1 Å². The number of hydrogen-bond donors (Lipinski definition) is 3. The van der Waals surface area contributed by atoms with Crippen LogP contribution in [0.4, 0.5) is 5.82 Å². The Morgan fingerprint density at radius 3 is 2.62 bits per heavy atom. The largest absolute Gasteiger partial charge is 0.365 e. The quantitative estimate of drug-likeness (QED) is 0.637. The zero-order valence-electron chi connectivity index (χ0n) is 10.8. The predicted octanol–water partition coefficient (Wildman–Crippen LogP) is 2.11. The molecule has 0 radical (unpaired) electrons. The number of hydrogen-bond acceptors (Lipinski definition) is 5. The SMILES string of the molecule is O=P(O)(O)c1ccc(CNc2ncnc3ccsc23)cc1. The molecule has 2 aromatic heterocycles. The van der Waals surface area contributed by atoms with Gasteiger partial charge in [0.25, 0.3) is 0 Å². The summed E-state index contributed by atoms with van der Waals surface area (Å²) in [5, 5.41) is 5.19. The fourth-order valence-electron chi connectivity index (χ4n) is 1.91. The molecule has 0 atom stereocenters. The van der Waals surface area contributed by atoms with Gasteiger partial charge in [-0.3, -0.25) is 4.57 Å². The van der Waals surface area contributed by atoms with Crippen molar-refractivity contribution in [2.75, 3.05) is 5.32 Å². The number of fused-ring (bicyclic) bond motifs is 1. The van der Waals surface area contributed by atoms with Gasteiger partial charge in [0.15, 0.2) is 0 Å². The number of anilines is 1. The summed E-state index contributed by atoms with van der Waals surface area (Å²) in [6.45, 7) is 0.519. The van der Waals surface area contributed by atoms with Crippen LogP contribution in [-0.2, 0) is 11.1 Å². The normalized spacial score (nSPS) is 11.7. The van der Waals surface area contributed by atoms with Gasteiger partial charge in [0.2, 0.25) is 0 Å². The van der Waals surface area contributed by atoms with Crippen molar-refractivity contribution in [3.8, 4) is 0 Å². The Morgan fingerprint density at radius 2 is 1.90 bits per heavy atom. The molecule has 0 bridgehead atoms. The number of aromatic nitrogens is 2. The molecule has 3 aromatic rings. The Morgan fingerprint density at radius 1 is 1.14 bits per heavy atom. The number of nitrogens with one attached hydrogen (secondary N) is 1. The van der Waals surface area contributed by atoms with E-state index in [0.29, 0.717) is 6.54 Å². The summed E-state index contributed by atoms with van der Waals surface area (Å²) in [6.07, 6.45) is 1.51. The van der Waals surface area contributed by atoms with Crippen LogP contribution in [0, 0.1) is 0 Å². The molecule has 108 valence electrons. The Labute approximate surface area is 124 Å². The summed E-state index contributed by atoms with van der Waals surface area (Å²) in [5.41, 5.74) is 1.81. The van der Waals surface area contributed by atoms with E-state index in [1.54, 1.807) is 23.5 Å². The van der Waals surface area contributed by atoms with E-state index >= 15 is 0 Å². The van der Waals surface area contributed by atoms with Gasteiger partial charge in [-0.15, -0.1) is 11.3 Å². The van der Waals surface area contributed by atoms with E-state index in [9.17, 15) is 4.57 Å². The summed E-state index contributed by atoms with van der Waals surface area (Å²) in [6, 6.07) is 8.20. The first kappa shape index (κ1) is 14.2. The molecule has 0 saturated carbocycles. The Kier molecular flexibility index (Phi) is 3.73. The fourth-order valence-corrected chi connectivity index (χ4v) is 3.26. The standard InChI is InChI=1S/C13H12N3O3PS/c17-20(18,19)10-3-1-9(2-4-10)7-14-13-12-11(5-6-21-12)15-8-16-13/h1-6,8H,7H2,(H,14,15,16)(H2,17,18,19). The van der Waals surface area contributed by atoms with Crippen molar-refractivity contribution in [1.29, 1.82) is 0 Å². The van der Waals surface area contributed by atoms with Crippen LogP contribution in [0.15, 0.2) is 42.0 Å². The molecule has 0 amide bonds. The zero-order chi connectivity index (χ0) is 14.9. The molecule has 6 nitrogen and oxygen atoms in total. The maximum Gasteiger partial charge on any atom is 0.356 e. The summed E-state index contributed by atoms with van der Waals surface area (Å²) in [5.74, 6) is 0.758. The van der Waals surface area contributed by atoms with Crippen LogP contribution in [0.2, 0.25) is 0 Å². The first-order valence-electron chi connectivity index (χ1n) is 6.11. The van der Waals surface area contributed by atoms with Crippen molar-refractivity contribution < 1.29 is 14.4 Å². The van der Waals surface area contributed by atoms with Crippen LogP contribution in [0.3, 0.4) is 0 Å². The summed E-state index contributed by atoms with van der Waals surface area (Å²) in [4.78, 5) is 26.5.